The van der Waals surface area contributed by atoms with Crippen LogP contribution in [0.25, 0.3) is 0 Å². The summed E-state index contributed by atoms with van der Waals surface area (Å²) >= 11 is 1.01. The molecule has 0 spiro atoms. The monoisotopic (exact) mass is 388 g/mol. The fourth-order valence-corrected chi connectivity index (χ4v) is 3.56. The topological polar surface area (TPSA) is 79.2 Å². The van der Waals surface area contributed by atoms with Gasteiger partial charge in [0.15, 0.2) is 5.17 Å². The van der Waals surface area contributed by atoms with E-state index in [9.17, 15) is 19.1 Å². The molecule has 0 unspecified atom stereocenters. The predicted molar refractivity (Wildman–Crippen MR) is 101 cm³/mol. The number of nitrogens with zero attached hydrogens (tertiary/aromatic N) is 2. The first-order valence-electron chi connectivity index (χ1n) is 8.13. The van der Waals surface area contributed by atoms with Gasteiger partial charge in [0.1, 0.15) is 16.8 Å². The molecule has 0 saturated carbocycles. The Hall–Kier alpha value is -2.87. The van der Waals surface area contributed by atoms with Crippen LogP contribution in [-0.4, -0.2) is 39.4 Å². The van der Waals surface area contributed by atoms with Gasteiger partial charge in [-0.2, -0.15) is 0 Å². The van der Waals surface area contributed by atoms with Crippen molar-refractivity contribution in [3.63, 3.8) is 0 Å². The van der Waals surface area contributed by atoms with Crippen LogP contribution in [0, 0.1) is 5.82 Å². The van der Waals surface area contributed by atoms with Gasteiger partial charge in [0.25, 0.3) is 0 Å². The number of hydrogen-bond acceptors (Lipinski definition) is 5. The largest absolute Gasteiger partial charge is 0.497 e. The van der Waals surface area contributed by atoms with Crippen molar-refractivity contribution in [3.8, 4) is 5.75 Å². The maximum atomic E-state index is 13.1. The molecule has 1 fully saturated rings. The Balaban J connectivity index is 1.90. The molecule has 0 bridgehead atoms. The average molecular weight is 388 g/mol. The van der Waals surface area contributed by atoms with Crippen LogP contribution in [0.3, 0.4) is 0 Å². The summed E-state index contributed by atoms with van der Waals surface area (Å²) in [5.74, 6) is -1.09. The maximum Gasteiger partial charge on any atom is 0.317 e. The number of aliphatic imine (C=N–C) groups is 1. The Morgan fingerprint density at radius 1 is 1.26 bits per heavy atom. The molecule has 3 rings (SSSR count). The second kappa shape index (κ2) is 8.22. The lowest BCUT2D eigenvalue weighted by Gasteiger charge is -2.30. The van der Waals surface area contributed by atoms with Crippen molar-refractivity contribution in [3.05, 3.63) is 59.9 Å². The number of carbonyl (C=O) groups excluding carboxylic acids is 1. The highest BCUT2D eigenvalue weighted by Crippen LogP contribution is 2.30. The van der Waals surface area contributed by atoms with E-state index in [1.807, 2.05) is 12.1 Å². The van der Waals surface area contributed by atoms with E-state index in [0.29, 0.717) is 11.4 Å². The third-order valence-electron chi connectivity index (χ3n) is 3.97. The molecule has 1 aliphatic rings. The third kappa shape index (κ3) is 4.65. The molecule has 2 aromatic carbocycles. The SMILES string of the molecule is COc1ccc(CN2C(=O)C[C@H](C(=O)O)SC2=Nc2ccc(F)cc2)cc1. The molecule has 0 radical (unpaired) electrons. The molecule has 1 N–H and O–H groups in total. The standard InChI is InChI=1S/C19H17FN2O4S/c1-26-15-8-2-12(3-9-15)11-22-17(23)10-16(18(24)25)27-19(22)21-14-6-4-13(20)5-7-14/h2-9,16H,10-11H2,1H3,(H,24,25)/t16-/m1/s1. The summed E-state index contributed by atoms with van der Waals surface area (Å²) in [6.07, 6.45) is -0.113. The zero-order valence-corrected chi connectivity index (χ0v) is 15.3. The number of rotatable bonds is 5. The number of halogens is 1. The first-order valence-corrected chi connectivity index (χ1v) is 9.01. The molecule has 6 nitrogen and oxygen atoms in total. The van der Waals surface area contributed by atoms with Crippen LogP contribution >= 0.6 is 11.8 Å². The summed E-state index contributed by atoms with van der Waals surface area (Å²) in [6.45, 7) is 0.252. The van der Waals surface area contributed by atoms with Crippen molar-refractivity contribution in [1.29, 1.82) is 0 Å². The Morgan fingerprint density at radius 2 is 1.93 bits per heavy atom. The zero-order chi connectivity index (χ0) is 19.4. The number of benzene rings is 2. The van der Waals surface area contributed by atoms with Crippen molar-refractivity contribution in [2.45, 2.75) is 18.2 Å². The van der Waals surface area contributed by atoms with Crippen LogP contribution in [0.2, 0.25) is 0 Å². The molecule has 8 heteroatoms. The van der Waals surface area contributed by atoms with Crippen LogP contribution in [-0.2, 0) is 16.1 Å². The molecule has 0 aromatic heterocycles. The molecule has 140 valence electrons. The molecule has 27 heavy (non-hydrogen) atoms. The lowest BCUT2D eigenvalue weighted by Crippen LogP contribution is -2.43. The lowest BCUT2D eigenvalue weighted by atomic mass is 10.2. The fraction of sp³-hybridized carbons (Fsp3) is 0.211. The molecule has 1 heterocycles. The maximum absolute atomic E-state index is 13.1. The van der Waals surface area contributed by atoms with E-state index < -0.39 is 17.0 Å². The molecule has 1 atom stereocenters. The number of amides is 1. The normalized spacial score (nSPS) is 18.6. The summed E-state index contributed by atoms with van der Waals surface area (Å²) < 4.78 is 18.2. The average Bonchev–Trinajstić information content (AvgIpc) is 2.66. The minimum absolute atomic E-state index is 0.113. The first-order chi connectivity index (χ1) is 13.0. The van der Waals surface area contributed by atoms with Gasteiger partial charge in [-0.1, -0.05) is 23.9 Å². The number of aliphatic carboxylic acids is 1. The number of hydrogen-bond donors (Lipinski definition) is 1. The summed E-state index contributed by atoms with van der Waals surface area (Å²) in [5.41, 5.74) is 1.29. The van der Waals surface area contributed by atoms with E-state index in [2.05, 4.69) is 4.99 Å². The van der Waals surface area contributed by atoms with Gasteiger partial charge in [-0.05, 0) is 42.0 Å². The number of amidine groups is 1. The van der Waals surface area contributed by atoms with Gasteiger partial charge in [0.2, 0.25) is 5.91 Å². The third-order valence-corrected chi connectivity index (χ3v) is 5.14. The number of carboxylic acids is 1. The van der Waals surface area contributed by atoms with Crippen LogP contribution in [0.5, 0.6) is 5.75 Å². The van der Waals surface area contributed by atoms with Crippen LogP contribution < -0.4 is 4.74 Å². The Bertz CT molecular complexity index is 868. The smallest absolute Gasteiger partial charge is 0.317 e. The number of methoxy groups -OCH3 is 1. The van der Waals surface area contributed by atoms with Crippen molar-refractivity contribution >= 4 is 34.5 Å². The van der Waals surface area contributed by atoms with E-state index in [0.717, 1.165) is 17.3 Å². The van der Waals surface area contributed by atoms with Gasteiger partial charge in [-0.3, -0.25) is 14.5 Å². The molecule has 2 aromatic rings. The molecular weight excluding hydrogens is 371 g/mol. The Morgan fingerprint density at radius 3 is 2.52 bits per heavy atom. The van der Waals surface area contributed by atoms with E-state index in [1.165, 1.54) is 29.2 Å². The first kappa shape index (κ1) is 18.9. The van der Waals surface area contributed by atoms with E-state index in [1.54, 1.807) is 19.2 Å². The molecule has 0 aliphatic carbocycles. The summed E-state index contributed by atoms with van der Waals surface area (Å²) in [5, 5.41) is 8.68. The van der Waals surface area contributed by atoms with Gasteiger partial charge >= 0.3 is 5.97 Å². The van der Waals surface area contributed by atoms with Gasteiger partial charge in [0.05, 0.1) is 25.8 Å². The second-order valence-corrected chi connectivity index (χ2v) is 7.02. The van der Waals surface area contributed by atoms with Crippen molar-refractivity contribution < 1.29 is 23.8 Å². The Kier molecular flexibility index (Phi) is 5.75. The number of thioether (sulfide) groups is 1. The quantitative estimate of drug-likeness (QED) is 0.849. The van der Waals surface area contributed by atoms with Crippen molar-refractivity contribution in [1.82, 2.24) is 4.90 Å². The molecular formula is C19H17FN2O4S. The summed E-state index contributed by atoms with van der Waals surface area (Å²) in [4.78, 5) is 29.8. The van der Waals surface area contributed by atoms with Crippen molar-refractivity contribution in [2.24, 2.45) is 4.99 Å². The highest BCUT2D eigenvalue weighted by molar-refractivity contribution is 8.15. The van der Waals surface area contributed by atoms with Gasteiger partial charge in [-0.15, -0.1) is 0 Å². The minimum Gasteiger partial charge on any atom is -0.497 e. The van der Waals surface area contributed by atoms with Crippen LogP contribution in [0.4, 0.5) is 10.1 Å². The number of ether oxygens (including phenoxy) is 1. The lowest BCUT2D eigenvalue weighted by molar-refractivity contribution is -0.139. The molecule has 1 amide bonds. The van der Waals surface area contributed by atoms with Crippen LogP contribution in [0.1, 0.15) is 12.0 Å². The second-order valence-electron chi connectivity index (χ2n) is 5.85. The predicted octanol–water partition coefficient (Wildman–Crippen LogP) is 3.44. The summed E-state index contributed by atoms with van der Waals surface area (Å²) in [6, 6.07) is 12.7. The van der Waals surface area contributed by atoms with E-state index >= 15 is 0 Å². The van der Waals surface area contributed by atoms with Crippen LogP contribution in [0.15, 0.2) is 53.5 Å². The highest BCUT2D eigenvalue weighted by Gasteiger charge is 2.35. The molecule has 1 aliphatic heterocycles. The van der Waals surface area contributed by atoms with Crippen molar-refractivity contribution in [2.75, 3.05) is 7.11 Å². The van der Waals surface area contributed by atoms with E-state index in [4.69, 9.17) is 4.74 Å². The molecule has 1 saturated heterocycles. The fourth-order valence-electron chi connectivity index (χ4n) is 2.53. The highest BCUT2D eigenvalue weighted by atomic mass is 32.2. The van der Waals surface area contributed by atoms with E-state index in [-0.39, 0.29) is 24.0 Å². The van der Waals surface area contributed by atoms with Gasteiger partial charge in [-0.25, -0.2) is 9.38 Å². The number of carbonyl (C=O) groups is 2. The van der Waals surface area contributed by atoms with Gasteiger partial charge in [0, 0.05) is 0 Å². The number of carboxylic acid groups (broad SMARTS) is 1. The minimum atomic E-state index is -1.07. The van der Waals surface area contributed by atoms with Gasteiger partial charge < -0.3 is 9.84 Å². The Labute approximate surface area is 159 Å². The zero-order valence-electron chi connectivity index (χ0n) is 14.5. The summed E-state index contributed by atoms with van der Waals surface area (Å²) in [7, 11) is 1.57.